The van der Waals surface area contributed by atoms with Crippen LogP contribution in [0.25, 0.3) is 0 Å². The fourth-order valence-corrected chi connectivity index (χ4v) is 2.49. The molecule has 0 saturated heterocycles. The summed E-state index contributed by atoms with van der Waals surface area (Å²) in [6.07, 6.45) is 0.916. The third-order valence-electron chi connectivity index (χ3n) is 2.84. The molecule has 0 bridgehead atoms. The van der Waals surface area contributed by atoms with Crippen molar-refractivity contribution < 1.29 is 0 Å². The van der Waals surface area contributed by atoms with Crippen molar-refractivity contribution in [2.45, 2.75) is 20.3 Å². The molecule has 0 aliphatic rings. The molecule has 0 aliphatic heterocycles. The van der Waals surface area contributed by atoms with Crippen LogP contribution in [0.15, 0.2) is 28.9 Å². The fraction of sp³-hybridized carbons (Fsp3) is 0.308. The molecule has 3 heteroatoms. The molecule has 0 radical (unpaired) electrons. The van der Waals surface area contributed by atoms with E-state index in [0.29, 0.717) is 0 Å². The second-order valence-electron chi connectivity index (χ2n) is 4.12. The largest absolute Gasteiger partial charge is 0.334 e. The van der Waals surface area contributed by atoms with Crippen molar-refractivity contribution in [2.24, 2.45) is 7.05 Å². The highest BCUT2D eigenvalue weighted by Crippen LogP contribution is 2.20. The second kappa shape index (κ2) is 4.42. The molecule has 0 unspecified atom stereocenters. The van der Waals surface area contributed by atoms with Crippen LogP contribution in [0.3, 0.4) is 0 Å². The number of hydrogen-bond donors (Lipinski definition) is 0. The van der Waals surface area contributed by atoms with Crippen LogP contribution in [0, 0.1) is 13.8 Å². The van der Waals surface area contributed by atoms with E-state index in [1.807, 2.05) is 6.92 Å². The molecule has 0 N–H and O–H groups in total. The first-order valence-electron chi connectivity index (χ1n) is 5.31. The summed E-state index contributed by atoms with van der Waals surface area (Å²) in [5.41, 5.74) is 3.85. The topological polar surface area (TPSA) is 17.8 Å². The smallest absolute Gasteiger partial charge is 0.127 e. The predicted molar refractivity (Wildman–Crippen MR) is 69.6 cm³/mol. The van der Waals surface area contributed by atoms with Gasteiger partial charge in [0.25, 0.3) is 0 Å². The van der Waals surface area contributed by atoms with Gasteiger partial charge in [-0.3, -0.25) is 0 Å². The third kappa shape index (κ3) is 2.19. The van der Waals surface area contributed by atoms with Crippen molar-refractivity contribution in [3.05, 3.63) is 51.5 Å². The van der Waals surface area contributed by atoms with E-state index in [-0.39, 0.29) is 0 Å². The zero-order chi connectivity index (χ0) is 11.7. The van der Waals surface area contributed by atoms with Gasteiger partial charge in [-0.15, -0.1) is 0 Å². The van der Waals surface area contributed by atoms with Gasteiger partial charge in [0.2, 0.25) is 0 Å². The molecular formula is C13H15BrN2. The van der Waals surface area contributed by atoms with Gasteiger partial charge in [-0.2, -0.15) is 0 Å². The Bertz CT molecular complexity index is 515. The van der Waals surface area contributed by atoms with Crippen LogP contribution in [0.5, 0.6) is 0 Å². The summed E-state index contributed by atoms with van der Waals surface area (Å²) < 4.78 is 3.08. The van der Waals surface area contributed by atoms with E-state index in [4.69, 9.17) is 0 Å². The zero-order valence-corrected chi connectivity index (χ0v) is 11.4. The highest BCUT2D eigenvalue weighted by atomic mass is 79.9. The lowest BCUT2D eigenvalue weighted by atomic mass is 10.1. The Morgan fingerprint density at radius 2 is 2.06 bits per heavy atom. The lowest BCUT2D eigenvalue weighted by molar-refractivity contribution is 0.805. The van der Waals surface area contributed by atoms with E-state index in [1.165, 1.54) is 16.8 Å². The van der Waals surface area contributed by atoms with Gasteiger partial charge < -0.3 is 4.57 Å². The highest BCUT2D eigenvalue weighted by molar-refractivity contribution is 9.10. The molecule has 1 aromatic carbocycles. The minimum atomic E-state index is 0.916. The summed E-state index contributed by atoms with van der Waals surface area (Å²) in [7, 11) is 2.05. The van der Waals surface area contributed by atoms with Gasteiger partial charge in [-0.25, -0.2) is 4.98 Å². The number of rotatable bonds is 2. The molecule has 84 valence electrons. The molecule has 0 aliphatic carbocycles. The normalized spacial score (nSPS) is 10.8. The average molecular weight is 279 g/mol. The summed E-state index contributed by atoms with van der Waals surface area (Å²) >= 11 is 3.51. The van der Waals surface area contributed by atoms with Crippen LogP contribution in [0.4, 0.5) is 0 Å². The number of nitrogens with zero attached hydrogens (tertiary/aromatic N) is 2. The standard InChI is InChI=1S/C13H15BrN2/c1-9-5-4-6-11(7-9)8-12-13(14)15-10(2)16(12)3/h4-7H,8H2,1-3H3. The third-order valence-corrected chi connectivity index (χ3v) is 3.48. The van der Waals surface area contributed by atoms with Crippen molar-refractivity contribution >= 4 is 15.9 Å². The number of aryl methyl sites for hydroxylation is 2. The number of hydrogen-bond acceptors (Lipinski definition) is 1. The average Bonchev–Trinajstić information content (AvgIpc) is 2.45. The molecule has 1 heterocycles. The maximum absolute atomic E-state index is 4.41. The van der Waals surface area contributed by atoms with Crippen molar-refractivity contribution in [3.63, 3.8) is 0 Å². The van der Waals surface area contributed by atoms with Crippen LogP contribution in [0.2, 0.25) is 0 Å². The van der Waals surface area contributed by atoms with Crippen molar-refractivity contribution in [1.29, 1.82) is 0 Å². The summed E-state index contributed by atoms with van der Waals surface area (Å²) in [6, 6.07) is 8.59. The molecule has 2 rings (SSSR count). The van der Waals surface area contributed by atoms with Crippen molar-refractivity contribution in [1.82, 2.24) is 9.55 Å². The molecule has 0 spiro atoms. The lowest BCUT2D eigenvalue weighted by Gasteiger charge is -2.05. The van der Waals surface area contributed by atoms with E-state index < -0.39 is 0 Å². The van der Waals surface area contributed by atoms with Gasteiger partial charge in [0.15, 0.2) is 0 Å². The van der Waals surface area contributed by atoms with Gasteiger partial charge in [0, 0.05) is 13.5 Å². The number of aromatic nitrogens is 2. The van der Waals surface area contributed by atoms with Gasteiger partial charge in [-0.1, -0.05) is 29.8 Å². The highest BCUT2D eigenvalue weighted by Gasteiger charge is 2.10. The van der Waals surface area contributed by atoms with Gasteiger partial charge >= 0.3 is 0 Å². The van der Waals surface area contributed by atoms with Crippen molar-refractivity contribution in [2.75, 3.05) is 0 Å². The number of halogens is 1. The van der Waals surface area contributed by atoms with E-state index >= 15 is 0 Å². The van der Waals surface area contributed by atoms with Crippen molar-refractivity contribution in [3.8, 4) is 0 Å². The van der Waals surface area contributed by atoms with Gasteiger partial charge in [-0.05, 0) is 35.3 Å². The Balaban J connectivity index is 2.34. The van der Waals surface area contributed by atoms with Crippen LogP contribution in [0.1, 0.15) is 22.6 Å². The summed E-state index contributed by atoms with van der Waals surface area (Å²) in [5, 5.41) is 0. The molecule has 2 nitrogen and oxygen atoms in total. The zero-order valence-electron chi connectivity index (χ0n) is 9.79. The molecule has 0 fully saturated rings. The quantitative estimate of drug-likeness (QED) is 0.824. The van der Waals surface area contributed by atoms with E-state index in [9.17, 15) is 0 Å². The Morgan fingerprint density at radius 3 is 2.62 bits per heavy atom. The van der Waals surface area contributed by atoms with Crippen LogP contribution >= 0.6 is 15.9 Å². The Kier molecular flexibility index (Phi) is 3.15. The Morgan fingerprint density at radius 1 is 1.31 bits per heavy atom. The minimum absolute atomic E-state index is 0.916. The van der Waals surface area contributed by atoms with Crippen LogP contribution in [-0.2, 0) is 13.5 Å². The minimum Gasteiger partial charge on any atom is -0.334 e. The van der Waals surface area contributed by atoms with Gasteiger partial charge in [0.1, 0.15) is 10.4 Å². The Hall–Kier alpha value is -1.09. The molecule has 0 saturated carbocycles. The SMILES string of the molecule is Cc1cccc(Cc2c(Br)nc(C)n2C)c1. The molecule has 16 heavy (non-hydrogen) atoms. The van der Waals surface area contributed by atoms with E-state index in [1.54, 1.807) is 0 Å². The molecular weight excluding hydrogens is 264 g/mol. The maximum Gasteiger partial charge on any atom is 0.127 e. The first-order chi connectivity index (χ1) is 7.58. The van der Waals surface area contributed by atoms with E-state index in [2.05, 4.69) is 63.7 Å². The number of imidazole rings is 1. The second-order valence-corrected chi connectivity index (χ2v) is 4.87. The number of benzene rings is 1. The predicted octanol–water partition coefficient (Wildman–Crippen LogP) is 3.39. The Labute approximate surface area is 104 Å². The summed E-state index contributed by atoms with van der Waals surface area (Å²) in [6.45, 7) is 4.14. The summed E-state index contributed by atoms with van der Waals surface area (Å²) in [5.74, 6) is 1.04. The molecule has 1 aromatic heterocycles. The van der Waals surface area contributed by atoms with Gasteiger partial charge in [0.05, 0.1) is 5.69 Å². The van der Waals surface area contributed by atoms with Crippen LogP contribution in [-0.4, -0.2) is 9.55 Å². The first kappa shape index (κ1) is 11.4. The van der Waals surface area contributed by atoms with E-state index in [0.717, 1.165) is 16.8 Å². The molecule has 2 aromatic rings. The maximum atomic E-state index is 4.41. The lowest BCUT2D eigenvalue weighted by Crippen LogP contribution is -2.00. The monoisotopic (exact) mass is 278 g/mol. The fourth-order valence-electron chi connectivity index (χ4n) is 1.82. The molecule has 0 atom stereocenters. The van der Waals surface area contributed by atoms with Crippen LogP contribution < -0.4 is 0 Å². The molecule has 0 amide bonds. The first-order valence-corrected chi connectivity index (χ1v) is 6.10. The summed E-state index contributed by atoms with van der Waals surface area (Å²) in [4.78, 5) is 4.41.